The highest BCUT2D eigenvalue weighted by atomic mass is 16.5. The Labute approximate surface area is 283 Å². The third kappa shape index (κ3) is 7.74. The number of aromatic nitrogens is 2. The molecule has 2 aromatic carbocycles. The molecule has 6 rings (SSSR count). The number of likely N-dealkylation sites (N-methyl/N-ethyl adjacent to an activating group) is 1. The number of carbonyl (C=O) groups excluding carboxylic acids is 3. The van der Waals surface area contributed by atoms with Crippen molar-refractivity contribution in [1.29, 1.82) is 0 Å². The molecule has 2 N–H and O–H groups in total. The molecule has 1 aromatic heterocycles. The third-order valence-corrected chi connectivity index (χ3v) is 10.6. The van der Waals surface area contributed by atoms with Crippen molar-refractivity contribution in [2.75, 3.05) is 53.4 Å². The molecule has 3 fully saturated rings. The van der Waals surface area contributed by atoms with Gasteiger partial charge in [-0.2, -0.15) is 5.10 Å². The minimum atomic E-state index is -0.653. The van der Waals surface area contributed by atoms with Crippen molar-refractivity contribution >= 4 is 28.6 Å². The van der Waals surface area contributed by atoms with Gasteiger partial charge in [0.15, 0.2) is 0 Å². The number of rotatable bonds is 11. The van der Waals surface area contributed by atoms with Crippen LogP contribution >= 0.6 is 0 Å². The second kappa shape index (κ2) is 15.2. The number of methoxy groups -OCH3 is 1. The zero-order valence-electron chi connectivity index (χ0n) is 28.9. The van der Waals surface area contributed by atoms with Gasteiger partial charge in [-0.05, 0) is 74.8 Å². The highest BCUT2D eigenvalue weighted by Crippen LogP contribution is 2.30. The van der Waals surface area contributed by atoms with Crippen molar-refractivity contribution in [3.05, 3.63) is 65.4 Å². The van der Waals surface area contributed by atoms with Crippen LogP contribution in [-0.4, -0.2) is 114 Å². The number of nitrogens with one attached hydrogen (secondary N) is 2. The van der Waals surface area contributed by atoms with Crippen LogP contribution in [0.4, 0.5) is 0 Å². The van der Waals surface area contributed by atoms with Crippen molar-refractivity contribution in [2.24, 2.45) is 18.9 Å². The number of likely N-dealkylation sites (tertiary alicyclic amines) is 2. The first kappa shape index (κ1) is 34.1. The molecule has 3 aliphatic rings. The molecule has 3 aliphatic heterocycles. The Morgan fingerprint density at radius 1 is 1.08 bits per heavy atom. The van der Waals surface area contributed by atoms with Crippen molar-refractivity contribution in [1.82, 2.24) is 35.1 Å². The molecule has 5 atom stereocenters. The maximum absolute atomic E-state index is 14.4. The van der Waals surface area contributed by atoms with E-state index < -0.39 is 18.0 Å². The molecule has 3 amide bonds. The van der Waals surface area contributed by atoms with E-state index in [-0.39, 0.29) is 29.7 Å². The zero-order valence-corrected chi connectivity index (χ0v) is 28.9. The zero-order chi connectivity index (χ0) is 33.8. The Bertz CT molecular complexity index is 1590. The molecule has 4 heterocycles. The standard InChI is InChI=1S/C37H51N7O4/c1-25-7-9-26(10-8-25)18-28-20-33(35(45)39-21-27-11-12-32-29(19-27)22-40-42(32)3)44(23-28)37(47)34-31(6-5-14-38-34)36(46)41(2)16-17-43-15-13-30(24-43)48-4/h7-12,19,22,28,30-31,33-34,38H,5-6,13-18,20-21,23-24H2,1-4H3,(H,39,45)/t28-,30+,31+,33+,34-/m1/s1. The minimum absolute atomic E-state index is 0.00904. The van der Waals surface area contributed by atoms with Crippen LogP contribution in [0.3, 0.4) is 0 Å². The van der Waals surface area contributed by atoms with Crippen molar-refractivity contribution in [3.8, 4) is 0 Å². The molecular weight excluding hydrogens is 606 g/mol. The largest absolute Gasteiger partial charge is 0.380 e. The molecule has 0 aliphatic carbocycles. The van der Waals surface area contributed by atoms with Gasteiger partial charge in [-0.3, -0.25) is 24.0 Å². The van der Waals surface area contributed by atoms with Gasteiger partial charge >= 0.3 is 0 Å². The number of ether oxygens (including phenoxy) is 1. The first-order chi connectivity index (χ1) is 23.2. The van der Waals surface area contributed by atoms with E-state index in [1.54, 1.807) is 16.9 Å². The lowest BCUT2D eigenvalue weighted by molar-refractivity contribution is -0.146. The Hall–Kier alpha value is -3.80. The summed E-state index contributed by atoms with van der Waals surface area (Å²) in [4.78, 5) is 48.0. The number of amides is 3. The van der Waals surface area contributed by atoms with E-state index in [0.717, 1.165) is 55.4 Å². The Kier molecular flexibility index (Phi) is 10.8. The van der Waals surface area contributed by atoms with E-state index >= 15 is 0 Å². The summed E-state index contributed by atoms with van der Waals surface area (Å²) in [6.45, 7) is 6.82. The van der Waals surface area contributed by atoms with E-state index in [1.165, 1.54) is 11.1 Å². The third-order valence-electron chi connectivity index (χ3n) is 10.6. The summed E-state index contributed by atoms with van der Waals surface area (Å²) in [6.07, 6.45) is 5.93. The van der Waals surface area contributed by atoms with Crippen LogP contribution in [0, 0.1) is 18.8 Å². The lowest BCUT2D eigenvalue weighted by Crippen LogP contribution is -2.59. The molecule has 11 nitrogen and oxygen atoms in total. The van der Waals surface area contributed by atoms with Crippen LogP contribution in [-0.2, 0) is 39.1 Å². The lowest BCUT2D eigenvalue weighted by Gasteiger charge is -2.37. The molecule has 11 heteroatoms. The average Bonchev–Trinajstić information content (AvgIpc) is 3.85. The topological polar surface area (TPSA) is 112 Å². The van der Waals surface area contributed by atoms with Gasteiger partial charge in [0, 0.05) is 65.9 Å². The van der Waals surface area contributed by atoms with Crippen molar-refractivity contribution in [3.63, 3.8) is 0 Å². The van der Waals surface area contributed by atoms with Crippen LogP contribution in [0.25, 0.3) is 10.9 Å². The molecule has 258 valence electrons. The smallest absolute Gasteiger partial charge is 0.243 e. The van der Waals surface area contributed by atoms with Crippen LogP contribution < -0.4 is 10.6 Å². The fourth-order valence-electron chi connectivity index (χ4n) is 7.72. The van der Waals surface area contributed by atoms with Gasteiger partial charge in [0.25, 0.3) is 0 Å². The summed E-state index contributed by atoms with van der Waals surface area (Å²) in [7, 11) is 5.50. The summed E-state index contributed by atoms with van der Waals surface area (Å²) in [5, 5.41) is 11.9. The summed E-state index contributed by atoms with van der Waals surface area (Å²) in [5.74, 6) is -0.641. The summed E-state index contributed by atoms with van der Waals surface area (Å²) >= 11 is 0. The fraction of sp³-hybridized carbons (Fsp3) is 0.568. The normalized spacial score (nSPS) is 24.7. The summed E-state index contributed by atoms with van der Waals surface area (Å²) < 4.78 is 7.33. The summed E-state index contributed by atoms with van der Waals surface area (Å²) in [5.41, 5.74) is 4.41. The molecule has 0 spiro atoms. The minimum Gasteiger partial charge on any atom is -0.380 e. The maximum atomic E-state index is 14.4. The van der Waals surface area contributed by atoms with Crippen LogP contribution in [0.15, 0.2) is 48.7 Å². The van der Waals surface area contributed by atoms with Crippen molar-refractivity contribution < 1.29 is 19.1 Å². The lowest BCUT2D eigenvalue weighted by atomic mass is 9.88. The van der Waals surface area contributed by atoms with Gasteiger partial charge in [-0.25, -0.2) is 0 Å². The van der Waals surface area contributed by atoms with Crippen LogP contribution in [0.1, 0.15) is 42.4 Å². The highest BCUT2D eigenvalue weighted by Gasteiger charge is 2.45. The van der Waals surface area contributed by atoms with E-state index in [0.29, 0.717) is 39.0 Å². The number of aryl methyl sites for hydroxylation is 2. The number of nitrogens with zero attached hydrogens (tertiary/aromatic N) is 5. The van der Waals surface area contributed by atoms with E-state index in [9.17, 15) is 14.4 Å². The first-order valence-electron chi connectivity index (χ1n) is 17.5. The summed E-state index contributed by atoms with van der Waals surface area (Å²) in [6, 6.07) is 13.3. The van der Waals surface area contributed by atoms with Crippen LogP contribution in [0.2, 0.25) is 0 Å². The van der Waals surface area contributed by atoms with Gasteiger partial charge in [0.2, 0.25) is 17.7 Å². The quantitative estimate of drug-likeness (QED) is 0.326. The average molecular weight is 658 g/mol. The number of hydrogen-bond acceptors (Lipinski definition) is 7. The van der Waals surface area contributed by atoms with Gasteiger partial charge in [-0.1, -0.05) is 35.9 Å². The molecule has 3 saturated heterocycles. The van der Waals surface area contributed by atoms with Gasteiger partial charge < -0.3 is 25.2 Å². The van der Waals surface area contributed by atoms with Gasteiger partial charge in [0.05, 0.1) is 29.8 Å². The maximum Gasteiger partial charge on any atom is 0.243 e. The van der Waals surface area contributed by atoms with E-state index in [2.05, 4.69) is 51.8 Å². The second-order valence-electron chi connectivity index (χ2n) is 14.1. The number of hydrogen-bond donors (Lipinski definition) is 2. The molecule has 0 unspecified atom stereocenters. The first-order valence-corrected chi connectivity index (χ1v) is 17.5. The van der Waals surface area contributed by atoms with E-state index in [1.807, 2.05) is 43.2 Å². The molecule has 0 bridgehead atoms. The molecular formula is C37H51N7O4. The monoisotopic (exact) mass is 657 g/mol. The Morgan fingerprint density at radius 3 is 2.65 bits per heavy atom. The van der Waals surface area contributed by atoms with E-state index in [4.69, 9.17) is 4.74 Å². The number of fused-ring (bicyclic) bond motifs is 1. The Morgan fingerprint density at radius 2 is 1.88 bits per heavy atom. The number of piperidine rings is 1. The predicted molar refractivity (Wildman–Crippen MR) is 185 cm³/mol. The van der Waals surface area contributed by atoms with Gasteiger partial charge in [-0.15, -0.1) is 0 Å². The Balaban J connectivity index is 1.15. The highest BCUT2D eigenvalue weighted by molar-refractivity contribution is 5.94. The van der Waals surface area contributed by atoms with Crippen molar-refractivity contribution in [2.45, 2.75) is 63.8 Å². The number of carbonyl (C=O) groups is 3. The molecule has 3 aromatic rings. The fourth-order valence-corrected chi connectivity index (χ4v) is 7.72. The molecule has 0 saturated carbocycles. The van der Waals surface area contributed by atoms with Crippen LogP contribution in [0.5, 0.6) is 0 Å². The predicted octanol–water partition coefficient (Wildman–Crippen LogP) is 2.51. The second-order valence-corrected chi connectivity index (χ2v) is 14.1. The van der Waals surface area contributed by atoms with Gasteiger partial charge in [0.1, 0.15) is 6.04 Å². The number of benzene rings is 2. The SMILES string of the molecule is CO[C@H]1CCN(CCN(C)C(=O)[C@H]2CCCN[C@H]2C(=O)N2C[C@H](Cc3ccc(C)cc3)C[C@H]2C(=O)NCc2ccc3c(cnn3C)c2)C1. The molecule has 48 heavy (non-hydrogen) atoms. The molecule has 0 radical (unpaired) electrons.